The Morgan fingerprint density at radius 3 is 1.00 bits per heavy atom. The molecule has 0 aliphatic heterocycles. The van der Waals surface area contributed by atoms with Crippen molar-refractivity contribution < 1.29 is 25.0 Å². The van der Waals surface area contributed by atoms with Crippen LogP contribution in [0.5, 0.6) is 0 Å². The molecule has 0 aliphatic rings. The summed E-state index contributed by atoms with van der Waals surface area (Å²) >= 11 is 0. The van der Waals surface area contributed by atoms with Crippen molar-refractivity contribution in [2.75, 3.05) is 0 Å². The zero-order valence-electron chi connectivity index (χ0n) is 2.19. The van der Waals surface area contributed by atoms with Gasteiger partial charge in [-0.25, -0.2) is 0 Å². The van der Waals surface area contributed by atoms with Gasteiger partial charge in [-0.1, -0.05) is 0 Å². The molecule has 8 valence electrons. The van der Waals surface area contributed by atoms with Gasteiger partial charge < -0.3 is 5.48 Å². The van der Waals surface area contributed by atoms with E-state index in [2.05, 4.69) is 0 Å². The van der Waals surface area contributed by atoms with E-state index in [-0.39, 0.29) is 55.7 Å². The van der Waals surface area contributed by atoms with Crippen LogP contribution in [-0.4, -0.2) is 30.8 Å². The topological polar surface area (TPSA) is 28.5 Å². The van der Waals surface area contributed by atoms with E-state index >= 15 is 0 Å². The summed E-state index contributed by atoms with van der Waals surface area (Å²) in [6.45, 7) is 0. The number of hydrogen-bond donors (Lipinski definition) is 0. The summed E-state index contributed by atoms with van der Waals surface area (Å²) in [5.74, 6) is 0. The summed E-state index contributed by atoms with van der Waals surface area (Å²) < 4.78 is 0. The van der Waals surface area contributed by atoms with Crippen LogP contribution < -0.4 is 0 Å². The second kappa shape index (κ2) is 25.4. The van der Waals surface area contributed by atoms with Crippen LogP contribution in [0.3, 0.4) is 0 Å². The van der Waals surface area contributed by atoms with Crippen LogP contribution in [0.2, 0.25) is 0 Å². The minimum Gasteiger partial charge on any atom is -2.00 e. The monoisotopic (exact) mass is 177 g/mol. The van der Waals surface area contributed by atoms with E-state index in [1.165, 1.54) is 0 Å². The van der Waals surface area contributed by atoms with Crippen LogP contribution in [0.15, 0.2) is 0 Å². The van der Waals surface area contributed by atoms with Crippen molar-refractivity contribution in [2.24, 2.45) is 0 Å². The summed E-state index contributed by atoms with van der Waals surface area (Å²) in [5.41, 5.74) is 0. The zero-order chi connectivity index (χ0) is 0. The summed E-state index contributed by atoms with van der Waals surface area (Å²) in [7, 11) is 0. The molecule has 0 amide bonds. The summed E-state index contributed by atoms with van der Waals surface area (Å²) in [6.07, 6.45) is 0. The molecular formula is GaOSiZn+7. The minimum absolute atomic E-state index is 0. The molecule has 0 aliphatic carbocycles. The summed E-state index contributed by atoms with van der Waals surface area (Å²) in [4.78, 5) is 0. The third-order valence-corrected chi connectivity index (χ3v) is 0. The molecule has 0 saturated carbocycles. The Bertz CT molecular complexity index is 8.00. The van der Waals surface area contributed by atoms with Gasteiger partial charge in [-0.05, 0) is 0 Å². The van der Waals surface area contributed by atoms with Gasteiger partial charge in [0.05, 0.1) is 0 Å². The largest absolute Gasteiger partial charge is 4.00 e. The average Bonchev–Trinajstić information content (AvgIpc) is 0. The molecule has 0 saturated heterocycles. The van der Waals surface area contributed by atoms with Crippen LogP contribution >= 0.6 is 0 Å². The van der Waals surface area contributed by atoms with E-state index in [0.29, 0.717) is 0 Å². The van der Waals surface area contributed by atoms with E-state index < -0.39 is 0 Å². The Morgan fingerprint density at radius 2 is 1.00 bits per heavy atom. The van der Waals surface area contributed by atoms with Crippen molar-refractivity contribution in [3.63, 3.8) is 0 Å². The van der Waals surface area contributed by atoms with E-state index in [1.807, 2.05) is 0 Å². The molecule has 0 atom stereocenters. The Morgan fingerprint density at radius 1 is 1.00 bits per heavy atom. The average molecular weight is 179 g/mol. The van der Waals surface area contributed by atoms with Crippen molar-refractivity contribution in [2.45, 2.75) is 0 Å². The molecule has 0 unspecified atom stereocenters. The standard InChI is InChI=1S/Ga.O.Si.Zn/q+3;-2;+4;+2. The van der Waals surface area contributed by atoms with Gasteiger partial charge in [-0.3, -0.25) is 0 Å². The molecule has 0 spiro atoms. The zero-order valence-corrected chi connectivity index (χ0v) is 8.58. The molecule has 0 bridgehead atoms. The van der Waals surface area contributed by atoms with Gasteiger partial charge >= 0.3 is 50.2 Å². The molecule has 4 heteroatoms. The first-order chi connectivity index (χ1) is 0. The first kappa shape index (κ1) is 51.8. The van der Waals surface area contributed by atoms with Gasteiger partial charge in [0.25, 0.3) is 0 Å². The number of rotatable bonds is 0. The summed E-state index contributed by atoms with van der Waals surface area (Å²) in [5, 5.41) is 0. The fraction of sp³-hybridized carbons (Fsp3) is 0. The second-order valence-electron chi connectivity index (χ2n) is 0. The van der Waals surface area contributed by atoms with Gasteiger partial charge in [0.1, 0.15) is 0 Å². The third kappa shape index (κ3) is 9.89. The molecule has 4 heavy (non-hydrogen) atoms. The molecule has 0 aromatic carbocycles. The third-order valence-electron chi connectivity index (χ3n) is 0. The van der Waals surface area contributed by atoms with Crippen LogP contribution in [0.25, 0.3) is 0 Å². The van der Waals surface area contributed by atoms with E-state index in [1.54, 1.807) is 0 Å². The molecule has 0 fully saturated rings. The normalized spacial score (nSPS) is 0. The fourth-order valence-corrected chi connectivity index (χ4v) is 0. The van der Waals surface area contributed by atoms with Gasteiger partial charge in [0.15, 0.2) is 0 Å². The molecule has 0 heterocycles. The van der Waals surface area contributed by atoms with Gasteiger partial charge in [0, 0.05) is 0 Å². The van der Waals surface area contributed by atoms with Crippen molar-refractivity contribution in [3.8, 4) is 0 Å². The van der Waals surface area contributed by atoms with Crippen LogP contribution in [0, 0.1) is 0 Å². The first-order valence-electron chi connectivity index (χ1n) is 0. The van der Waals surface area contributed by atoms with Gasteiger partial charge in [-0.2, -0.15) is 0 Å². The van der Waals surface area contributed by atoms with Crippen LogP contribution in [0.4, 0.5) is 0 Å². The second-order valence-corrected chi connectivity index (χ2v) is 0. The summed E-state index contributed by atoms with van der Waals surface area (Å²) in [6, 6.07) is 0. The number of hydrogen-bond acceptors (Lipinski definition) is 0. The van der Waals surface area contributed by atoms with E-state index in [0.717, 1.165) is 0 Å². The first-order valence-corrected chi connectivity index (χ1v) is 0. The van der Waals surface area contributed by atoms with Crippen LogP contribution in [0.1, 0.15) is 0 Å². The molecular weight excluding hydrogens is 179 g/mol. The van der Waals surface area contributed by atoms with Gasteiger partial charge in [0.2, 0.25) is 0 Å². The smallest absolute Gasteiger partial charge is 2.00 e. The van der Waals surface area contributed by atoms with E-state index in [4.69, 9.17) is 0 Å². The van der Waals surface area contributed by atoms with E-state index in [9.17, 15) is 0 Å². The predicted molar refractivity (Wildman–Crippen MR) is 12.2 cm³/mol. The maximum Gasteiger partial charge on any atom is 4.00 e. The molecule has 0 rings (SSSR count). The Hall–Kier alpha value is 1.44. The SMILES string of the molecule is [Ga+3].[O-2].[Si+4].[Zn+2]. The Balaban J connectivity index is 0. The molecule has 0 radical (unpaired) electrons. The quantitative estimate of drug-likeness (QED) is 0.432. The van der Waals surface area contributed by atoms with Crippen molar-refractivity contribution >= 4 is 30.8 Å². The molecule has 0 aromatic heterocycles. The maximum atomic E-state index is 0. The molecule has 0 N–H and O–H groups in total. The Kier molecular flexibility index (Phi) is 329. The maximum absolute atomic E-state index is 0. The minimum atomic E-state index is 0. The van der Waals surface area contributed by atoms with Crippen molar-refractivity contribution in [3.05, 3.63) is 0 Å². The van der Waals surface area contributed by atoms with Crippen LogP contribution in [-0.2, 0) is 25.0 Å². The van der Waals surface area contributed by atoms with Gasteiger partial charge in [-0.15, -0.1) is 0 Å². The molecule has 1 nitrogen and oxygen atoms in total. The fourth-order valence-electron chi connectivity index (χ4n) is 0. The van der Waals surface area contributed by atoms with Crippen molar-refractivity contribution in [1.82, 2.24) is 0 Å². The van der Waals surface area contributed by atoms with Crippen molar-refractivity contribution in [1.29, 1.82) is 0 Å². The Labute approximate surface area is 55.7 Å². The molecule has 0 aromatic rings. The predicted octanol–water partition coefficient (Wildman–Crippen LogP) is -0.883.